The molecule has 0 radical (unpaired) electrons. The monoisotopic (exact) mass is 242 g/mol. The summed E-state index contributed by atoms with van der Waals surface area (Å²) in [7, 11) is 0. The van der Waals surface area contributed by atoms with E-state index in [1.54, 1.807) is 18.2 Å². The van der Waals surface area contributed by atoms with Gasteiger partial charge in [0.25, 0.3) is 0 Å². The third-order valence-corrected chi connectivity index (χ3v) is 2.53. The summed E-state index contributed by atoms with van der Waals surface area (Å²) >= 11 is 0. The van der Waals surface area contributed by atoms with Crippen LogP contribution in [-0.2, 0) is 0 Å². The molecule has 90 valence electrons. The van der Waals surface area contributed by atoms with Crippen molar-refractivity contribution in [2.45, 2.75) is 12.3 Å². The van der Waals surface area contributed by atoms with Crippen LogP contribution >= 0.6 is 0 Å². The molecule has 0 bridgehead atoms. The molecule has 5 heteroatoms. The quantitative estimate of drug-likeness (QED) is 0.806. The van der Waals surface area contributed by atoms with E-state index in [4.69, 9.17) is 0 Å². The Morgan fingerprint density at radius 3 is 2.29 bits per heavy atom. The second kappa shape index (κ2) is 3.92. The molecule has 17 heavy (non-hydrogen) atoms. The Kier molecular flexibility index (Phi) is 2.71. The number of alkyl halides is 3. The van der Waals surface area contributed by atoms with Gasteiger partial charge in [-0.05, 0) is 16.8 Å². The van der Waals surface area contributed by atoms with Crippen LogP contribution in [0.5, 0.6) is 5.75 Å². The first-order valence-corrected chi connectivity index (χ1v) is 4.86. The highest BCUT2D eigenvalue weighted by molar-refractivity contribution is 5.88. The number of phenolic OH excluding ortho intramolecular Hbond substituents is 1. The van der Waals surface area contributed by atoms with Crippen molar-refractivity contribution in [1.29, 1.82) is 0 Å². The summed E-state index contributed by atoms with van der Waals surface area (Å²) in [6.07, 6.45) is -7.49. The molecule has 2 aromatic rings. The van der Waals surface area contributed by atoms with Crippen LogP contribution in [0.2, 0.25) is 0 Å². The predicted molar refractivity (Wildman–Crippen MR) is 56.6 cm³/mol. The Hall–Kier alpha value is -1.75. The zero-order valence-electron chi connectivity index (χ0n) is 8.57. The summed E-state index contributed by atoms with van der Waals surface area (Å²) in [4.78, 5) is 0. The van der Waals surface area contributed by atoms with E-state index in [1.165, 1.54) is 12.1 Å². The van der Waals surface area contributed by atoms with Gasteiger partial charge in [0.2, 0.25) is 0 Å². The highest BCUT2D eigenvalue weighted by Gasteiger charge is 2.41. The van der Waals surface area contributed by atoms with Crippen molar-refractivity contribution in [3.8, 4) is 5.75 Å². The van der Waals surface area contributed by atoms with Crippen molar-refractivity contribution in [2.24, 2.45) is 0 Å². The number of hydrogen-bond acceptors (Lipinski definition) is 2. The Bertz CT molecular complexity index is 549. The van der Waals surface area contributed by atoms with E-state index in [-0.39, 0.29) is 5.39 Å². The molecule has 0 aliphatic rings. The number of phenols is 1. The first kappa shape index (κ1) is 11.7. The summed E-state index contributed by atoms with van der Waals surface area (Å²) in [6.45, 7) is 0. The Morgan fingerprint density at radius 2 is 1.65 bits per heavy atom. The van der Waals surface area contributed by atoms with Gasteiger partial charge in [-0.15, -0.1) is 0 Å². The molecule has 0 aliphatic carbocycles. The molecule has 0 saturated heterocycles. The summed E-state index contributed by atoms with van der Waals surface area (Å²) in [5.74, 6) is -0.562. The average molecular weight is 242 g/mol. The van der Waals surface area contributed by atoms with Gasteiger partial charge in [-0.3, -0.25) is 0 Å². The molecule has 0 fully saturated rings. The number of rotatable bonds is 1. The van der Waals surface area contributed by atoms with E-state index in [9.17, 15) is 23.4 Å². The molecule has 0 heterocycles. The normalized spacial score (nSPS) is 13.9. The van der Waals surface area contributed by atoms with Crippen LogP contribution in [0.1, 0.15) is 11.7 Å². The van der Waals surface area contributed by atoms with Gasteiger partial charge in [0.15, 0.2) is 6.10 Å². The lowest BCUT2D eigenvalue weighted by Gasteiger charge is -2.18. The Balaban J connectivity index is 2.71. The molecule has 2 rings (SSSR count). The summed E-state index contributed by atoms with van der Waals surface area (Å²) in [6, 6.07) is 8.90. The van der Waals surface area contributed by atoms with Gasteiger partial charge in [-0.25, -0.2) is 0 Å². The van der Waals surface area contributed by atoms with Gasteiger partial charge < -0.3 is 10.2 Å². The Labute approximate surface area is 94.9 Å². The van der Waals surface area contributed by atoms with Crippen LogP contribution in [-0.4, -0.2) is 16.4 Å². The van der Waals surface area contributed by atoms with Gasteiger partial charge in [0, 0.05) is 5.56 Å². The van der Waals surface area contributed by atoms with Gasteiger partial charge >= 0.3 is 6.18 Å². The smallest absolute Gasteiger partial charge is 0.418 e. The minimum atomic E-state index is -4.80. The van der Waals surface area contributed by atoms with Crippen LogP contribution in [0.25, 0.3) is 10.8 Å². The fourth-order valence-electron chi connectivity index (χ4n) is 1.74. The number of aromatic hydroxyl groups is 1. The maximum atomic E-state index is 12.5. The van der Waals surface area contributed by atoms with Gasteiger partial charge in [-0.1, -0.05) is 30.3 Å². The van der Waals surface area contributed by atoms with Crippen molar-refractivity contribution < 1.29 is 23.4 Å². The van der Waals surface area contributed by atoms with Crippen molar-refractivity contribution in [1.82, 2.24) is 0 Å². The van der Waals surface area contributed by atoms with Gasteiger partial charge in [0.1, 0.15) is 5.75 Å². The minimum absolute atomic E-state index is 0.192. The van der Waals surface area contributed by atoms with Crippen LogP contribution in [0.15, 0.2) is 36.4 Å². The maximum absolute atomic E-state index is 12.5. The second-order valence-electron chi connectivity index (χ2n) is 3.66. The molecule has 0 saturated carbocycles. The van der Waals surface area contributed by atoms with E-state index in [0.717, 1.165) is 6.07 Å². The molecular formula is C12H9F3O2. The second-order valence-corrected chi connectivity index (χ2v) is 3.66. The van der Waals surface area contributed by atoms with Crippen molar-refractivity contribution in [3.63, 3.8) is 0 Å². The number of aliphatic hydroxyl groups excluding tert-OH is 1. The summed E-state index contributed by atoms with van der Waals surface area (Å²) < 4.78 is 37.4. The maximum Gasteiger partial charge on any atom is 0.418 e. The molecule has 1 atom stereocenters. The van der Waals surface area contributed by atoms with Crippen LogP contribution in [0, 0.1) is 0 Å². The van der Waals surface area contributed by atoms with Crippen molar-refractivity contribution in [3.05, 3.63) is 42.0 Å². The van der Waals surface area contributed by atoms with E-state index >= 15 is 0 Å². The lowest BCUT2D eigenvalue weighted by Crippen LogP contribution is -2.20. The first-order chi connectivity index (χ1) is 7.91. The third kappa shape index (κ3) is 2.06. The zero-order valence-corrected chi connectivity index (χ0v) is 8.57. The highest BCUT2D eigenvalue weighted by atomic mass is 19.4. The molecule has 0 spiro atoms. The topological polar surface area (TPSA) is 40.5 Å². The van der Waals surface area contributed by atoms with E-state index in [0.29, 0.717) is 5.39 Å². The average Bonchev–Trinajstić information content (AvgIpc) is 2.27. The summed E-state index contributed by atoms with van der Waals surface area (Å²) in [5.41, 5.74) is -0.504. The fourth-order valence-corrected chi connectivity index (χ4v) is 1.74. The minimum Gasteiger partial charge on any atom is -0.508 e. The molecule has 0 aromatic heterocycles. The fraction of sp³-hybridized carbons (Fsp3) is 0.167. The molecule has 0 unspecified atom stereocenters. The zero-order chi connectivity index (χ0) is 12.6. The number of benzene rings is 2. The third-order valence-electron chi connectivity index (χ3n) is 2.53. The van der Waals surface area contributed by atoms with Crippen molar-refractivity contribution >= 4 is 10.8 Å². The number of halogens is 3. The van der Waals surface area contributed by atoms with Crippen LogP contribution < -0.4 is 0 Å². The van der Waals surface area contributed by atoms with E-state index in [2.05, 4.69) is 0 Å². The lowest BCUT2D eigenvalue weighted by molar-refractivity contribution is -0.206. The molecule has 0 aliphatic heterocycles. The lowest BCUT2D eigenvalue weighted by atomic mass is 9.99. The summed E-state index contributed by atoms with van der Waals surface area (Å²) in [5, 5.41) is 19.5. The molecule has 2 aromatic carbocycles. The van der Waals surface area contributed by atoms with Crippen LogP contribution in [0.4, 0.5) is 13.2 Å². The molecule has 0 amide bonds. The Morgan fingerprint density at radius 1 is 1.00 bits per heavy atom. The highest BCUT2D eigenvalue weighted by Crippen LogP contribution is 2.40. The van der Waals surface area contributed by atoms with Crippen molar-refractivity contribution in [2.75, 3.05) is 0 Å². The van der Waals surface area contributed by atoms with Crippen LogP contribution in [0.3, 0.4) is 0 Å². The SMILES string of the molecule is Oc1ccc2ccccc2c1[C@H](O)C(F)(F)F. The molecule has 2 N–H and O–H groups in total. The van der Waals surface area contributed by atoms with Gasteiger partial charge in [-0.2, -0.15) is 13.2 Å². The number of fused-ring (bicyclic) bond motifs is 1. The number of aliphatic hydroxyl groups is 1. The predicted octanol–water partition coefficient (Wildman–Crippen LogP) is 3.14. The van der Waals surface area contributed by atoms with E-state index < -0.39 is 23.6 Å². The first-order valence-electron chi connectivity index (χ1n) is 4.86. The molecular weight excluding hydrogens is 233 g/mol. The molecule has 2 nitrogen and oxygen atoms in total. The van der Waals surface area contributed by atoms with Gasteiger partial charge in [0.05, 0.1) is 0 Å². The van der Waals surface area contributed by atoms with E-state index in [1.807, 2.05) is 0 Å². The standard InChI is InChI=1S/C12H9F3O2/c13-12(14,15)11(17)10-8-4-2-1-3-7(8)5-6-9(10)16/h1-6,11,16-17H/t11-/m0/s1. The number of hydrogen-bond donors (Lipinski definition) is 2. The largest absolute Gasteiger partial charge is 0.508 e.